The molecule has 0 aliphatic carbocycles. The summed E-state index contributed by atoms with van der Waals surface area (Å²) >= 11 is 0. The Balaban J connectivity index is 1.90. The fourth-order valence-electron chi connectivity index (χ4n) is 2.78. The van der Waals surface area contributed by atoms with Crippen LogP contribution in [0.4, 0.5) is 0 Å². The Hall–Kier alpha value is -1.43. The zero-order valence-electron chi connectivity index (χ0n) is 13.2. The van der Waals surface area contributed by atoms with Crippen molar-refractivity contribution in [2.75, 3.05) is 6.54 Å². The summed E-state index contributed by atoms with van der Waals surface area (Å²) in [4.78, 5) is 18.7. The molecule has 1 fully saturated rings. The number of nitrogens with zero attached hydrogens (tertiary/aromatic N) is 3. The van der Waals surface area contributed by atoms with Crippen LogP contribution in [0.25, 0.3) is 0 Å². The van der Waals surface area contributed by atoms with E-state index in [0.29, 0.717) is 24.6 Å². The van der Waals surface area contributed by atoms with Gasteiger partial charge in [0, 0.05) is 37.4 Å². The van der Waals surface area contributed by atoms with Crippen LogP contribution in [0, 0.1) is 0 Å². The van der Waals surface area contributed by atoms with Crippen molar-refractivity contribution < 1.29 is 9.32 Å². The summed E-state index contributed by atoms with van der Waals surface area (Å²) in [6.45, 7) is 6.82. The Morgan fingerprint density at radius 1 is 1.43 bits per heavy atom. The smallest absolute Gasteiger partial charge is 0.227 e. The van der Waals surface area contributed by atoms with Crippen molar-refractivity contribution in [1.82, 2.24) is 15.0 Å². The minimum atomic E-state index is 0.0187. The maximum absolute atomic E-state index is 12.4. The van der Waals surface area contributed by atoms with Crippen LogP contribution in [0.5, 0.6) is 0 Å². The van der Waals surface area contributed by atoms with E-state index >= 15 is 0 Å². The molecular formula is C15H26N4O2. The molecular weight excluding hydrogens is 268 g/mol. The van der Waals surface area contributed by atoms with Gasteiger partial charge in [0.1, 0.15) is 0 Å². The molecule has 21 heavy (non-hydrogen) atoms. The van der Waals surface area contributed by atoms with Crippen LogP contribution in [0.15, 0.2) is 4.52 Å². The highest BCUT2D eigenvalue weighted by atomic mass is 16.5. The number of hydrogen-bond acceptors (Lipinski definition) is 5. The van der Waals surface area contributed by atoms with Gasteiger partial charge in [-0.1, -0.05) is 19.0 Å². The van der Waals surface area contributed by atoms with E-state index in [0.717, 1.165) is 25.8 Å². The highest BCUT2D eigenvalue weighted by Crippen LogP contribution is 2.20. The van der Waals surface area contributed by atoms with Crippen LogP contribution in [0.1, 0.15) is 64.1 Å². The van der Waals surface area contributed by atoms with Crippen molar-refractivity contribution in [2.45, 2.75) is 70.9 Å². The first kappa shape index (κ1) is 15.9. The Bertz CT molecular complexity index is 470. The van der Waals surface area contributed by atoms with E-state index in [9.17, 15) is 4.79 Å². The lowest BCUT2D eigenvalue weighted by Gasteiger charge is -2.38. The standard InChI is InChI=1S/C15H26N4O2/c1-10(2)15-17-13(21-18-15)7-8-14(20)19-9-5-4-6-12(19)11(3)16/h10-12H,4-9,16H2,1-3H3. The van der Waals surface area contributed by atoms with Gasteiger partial charge >= 0.3 is 0 Å². The Labute approximate surface area is 126 Å². The van der Waals surface area contributed by atoms with Gasteiger partial charge in [-0.3, -0.25) is 4.79 Å². The molecule has 2 unspecified atom stereocenters. The van der Waals surface area contributed by atoms with Gasteiger partial charge in [0.15, 0.2) is 5.82 Å². The van der Waals surface area contributed by atoms with Crippen LogP contribution in [-0.4, -0.2) is 39.6 Å². The lowest BCUT2D eigenvalue weighted by atomic mass is 9.96. The highest BCUT2D eigenvalue weighted by Gasteiger charge is 2.29. The molecule has 0 saturated carbocycles. The minimum Gasteiger partial charge on any atom is -0.339 e. The summed E-state index contributed by atoms with van der Waals surface area (Å²) in [7, 11) is 0. The number of nitrogens with two attached hydrogens (primary N) is 1. The molecule has 1 amide bonds. The normalized spacial score (nSPS) is 20.8. The van der Waals surface area contributed by atoms with Crippen LogP contribution in [0.3, 0.4) is 0 Å². The zero-order chi connectivity index (χ0) is 15.4. The summed E-state index contributed by atoms with van der Waals surface area (Å²) in [6.07, 6.45) is 4.12. The van der Waals surface area contributed by atoms with E-state index in [1.165, 1.54) is 0 Å². The first-order valence-corrected chi connectivity index (χ1v) is 7.86. The predicted molar refractivity (Wildman–Crippen MR) is 79.7 cm³/mol. The van der Waals surface area contributed by atoms with Crippen molar-refractivity contribution in [1.29, 1.82) is 0 Å². The first-order valence-electron chi connectivity index (χ1n) is 7.86. The Kier molecular flexibility index (Phi) is 5.33. The number of carbonyl (C=O) groups is 1. The number of carbonyl (C=O) groups excluding carboxylic acids is 1. The van der Waals surface area contributed by atoms with Gasteiger partial charge in [0.2, 0.25) is 11.8 Å². The third kappa shape index (κ3) is 4.03. The Morgan fingerprint density at radius 3 is 2.81 bits per heavy atom. The van der Waals surface area contributed by atoms with Crippen LogP contribution in [0.2, 0.25) is 0 Å². The third-order valence-corrected chi connectivity index (χ3v) is 4.03. The van der Waals surface area contributed by atoms with Crippen molar-refractivity contribution >= 4 is 5.91 Å². The van der Waals surface area contributed by atoms with E-state index < -0.39 is 0 Å². The minimum absolute atomic E-state index is 0.0187. The summed E-state index contributed by atoms with van der Waals surface area (Å²) in [5.74, 6) is 1.62. The summed E-state index contributed by atoms with van der Waals surface area (Å²) in [5.41, 5.74) is 6.00. The molecule has 6 heteroatoms. The molecule has 1 aromatic heterocycles. The van der Waals surface area contributed by atoms with Gasteiger partial charge in [0.25, 0.3) is 0 Å². The molecule has 1 aliphatic rings. The average molecular weight is 294 g/mol. The van der Waals surface area contributed by atoms with Gasteiger partial charge in [-0.25, -0.2) is 0 Å². The summed E-state index contributed by atoms with van der Waals surface area (Å²) in [6, 6.07) is 0.186. The summed E-state index contributed by atoms with van der Waals surface area (Å²) in [5, 5.41) is 3.92. The quantitative estimate of drug-likeness (QED) is 0.895. The SMILES string of the molecule is CC(C)c1noc(CCC(=O)N2CCCCC2C(C)N)n1. The second-order valence-corrected chi connectivity index (χ2v) is 6.21. The molecule has 1 saturated heterocycles. The maximum atomic E-state index is 12.4. The van der Waals surface area contributed by atoms with Crippen molar-refractivity contribution in [3.63, 3.8) is 0 Å². The topological polar surface area (TPSA) is 85.2 Å². The van der Waals surface area contributed by atoms with E-state index in [1.807, 2.05) is 25.7 Å². The van der Waals surface area contributed by atoms with E-state index in [1.54, 1.807) is 0 Å². The number of rotatable bonds is 5. The first-order chi connectivity index (χ1) is 9.99. The largest absolute Gasteiger partial charge is 0.339 e. The number of piperidine rings is 1. The molecule has 1 aliphatic heterocycles. The molecule has 6 nitrogen and oxygen atoms in total. The van der Waals surface area contributed by atoms with Gasteiger partial charge in [0.05, 0.1) is 0 Å². The molecule has 118 valence electrons. The van der Waals surface area contributed by atoms with Crippen molar-refractivity contribution in [3.05, 3.63) is 11.7 Å². The average Bonchev–Trinajstić information content (AvgIpc) is 2.94. The van der Waals surface area contributed by atoms with Crippen LogP contribution < -0.4 is 5.73 Å². The van der Waals surface area contributed by atoms with E-state index in [4.69, 9.17) is 10.3 Å². The predicted octanol–water partition coefficient (Wildman–Crippen LogP) is 1.85. The number of hydrogen-bond donors (Lipinski definition) is 1. The van der Waals surface area contributed by atoms with Crippen LogP contribution in [-0.2, 0) is 11.2 Å². The molecule has 2 atom stereocenters. The van der Waals surface area contributed by atoms with Gasteiger partial charge in [-0.2, -0.15) is 4.98 Å². The van der Waals surface area contributed by atoms with Gasteiger partial charge in [-0.05, 0) is 26.2 Å². The lowest BCUT2D eigenvalue weighted by molar-refractivity contribution is -0.135. The van der Waals surface area contributed by atoms with Crippen LogP contribution >= 0.6 is 0 Å². The number of aryl methyl sites for hydroxylation is 1. The molecule has 0 bridgehead atoms. The monoisotopic (exact) mass is 294 g/mol. The van der Waals surface area contributed by atoms with Crippen molar-refractivity contribution in [2.24, 2.45) is 5.73 Å². The molecule has 0 aromatic carbocycles. The fraction of sp³-hybridized carbons (Fsp3) is 0.800. The molecule has 1 aromatic rings. The maximum Gasteiger partial charge on any atom is 0.227 e. The molecule has 2 heterocycles. The van der Waals surface area contributed by atoms with Gasteiger partial charge < -0.3 is 15.2 Å². The molecule has 2 N–H and O–H groups in total. The van der Waals surface area contributed by atoms with Gasteiger partial charge in [-0.15, -0.1) is 0 Å². The summed E-state index contributed by atoms with van der Waals surface area (Å²) < 4.78 is 5.18. The van der Waals surface area contributed by atoms with Crippen molar-refractivity contribution in [3.8, 4) is 0 Å². The van der Waals surface area contributed by atoms with E-state index in [2.05, 4.69) is 10.1 Å². The molecule has 0 radical (unpaired) electrons. The zero-order valence-corrected chi connectivity index (χ0v) is 13.2. The molecule has 2 rings (SSSR count). The van der Waals surface area contributed by atoms with E-state index in [-0.39, 0.29) is 23.9 Å². The second kappa shape index (κ2) is 7.02. The number of amides is 1. The lowest BCUT2D eigenvalue weighted by Crippen LogP contribution is -2.51. The third-order valence-electron chi connectivity index (χ3n) is 4.03. The highest BCUT2D eigenvalue weighted by molar-refractivity contribution is 5.76. The second-order valence-electron chi connectivity index (χ2n) is 6.21. The number of aromatic nitrogens is 2. The molecule has 0 spiro atoms. The Morgan fingerprint density at radius 2 is 2.19 bits per heavy atom. The fourth-order valence-corrected chi connectivity index (χ4v) is 2.78. The number of likely N-dealkylation sites (tertiary alicyclic amines) is 1.